The van der Waals surface area contributed by atoms with E-state index in [-0.39, 0.29) is 21.8 Å². The fourth-order valence-electron chi connectivity index (χ4n) is 2.30. The number of aryl methyl sites for hydroxylation is 1. The zero-order valence-electron chi connectivity index (χ0n) is 14.4. The van der Waals surface area contributed by atoms with Crippen LogP contribution in [0.3, 0.4) is 0 Å². The minimum absolute atomic E-state index is 0.102. The lowest BCUT2D eigenvalue weighted by Gasteiger charge is -2.13. The summed E-state index contributed by atoms with van der Waals surface area (Å²) in [5.41, 5.74) is -1.27. The molecule has 0 aliphatic rings. The van der Waals surface area contributed by atoms with Crippen molar-refractivity contribution in [2.24, 2.45) is 0 Å². The van der Waals surface area contributed by atoms with Crippen LogP contribution in [0.4, 0.5) is 32.0 Å². The topological polar surface area (TPSA) is 41.9 Å². The molecule has 1 aromatic carbocycles. The second-order valence-electron chi connectivity index (χ2n) is 5.78. The van der Waals surface area contributed by atoms with Crippen molar-refractivity contribution in [1.82, 2.24) is 15.1 Å². The summed E-state index contributed by atoms with van der Waals surface area (Å²) in [5.74, 6) is 0. The van der Waals surface area contributed by atoms with E-state index in [1.165, 1.54) is 23.7 Å². The normalized spacial score (nSPS) is 12.1. The first-order valence-electron chi connectivity index (χ1n) is 7.92. The van der Waals surface area contributed by atoms with E-state index in [0.717, 1.165) is 12.1 Å². The van der Waals surface area contributed by atoms with E-state index in [2.05, 4.69) is 31.7 Å². The molecule has 12 heteroatoms. The van der Waals surface area contributed by atoms with Crippen LogP contribution >= 0.6 is 28.1 Å². The molecule has 0 amide bonds. The molecule has 0 bridgehead atoms. The number of aromatic nitrogens is 2. The molecule has 0 fully saturated rings. The first-order chi connectivity index (χ1) is 12.9. The number of halogens is 7. The summed E-state index contributed by atoms with van der Waals surface area (Å²) >= 11 is 7.92. The molecule has 0 spiro atoms. The lowest BCUT2D eigenvalue weighted by molar-refractivity contribution is -0.142. The summed E-state index contributed by atoms with van der Waals surface area (Å²) in [4.78, 5) is 0. The van der Waals surface area contributed by atoms with Crippen molar-refractivity contribution in [1.29, 1.82) is 0 Å². The van der Waals surface area contributed by atoms with Crippen LogP contribution in [0.2, 0.25) is 0 Å². The number of hydrogen-bond donors (Lipinski definition) is 2. The summed E-state index contributed by atoms with van der Waals surface area (Å²) in [6.45, 7) is 2.02. The zero-order chi connectivity index (χ0) is 21.1. The third-order valence-electron chi connectivity index (χ3n) is 3.68. The number of rotatable bonds is 5. The molecule has 0 saturated carbocycles. The Morgan fingerprint density at radius 3 is 2.43 bits per heavy atom. The standard InChI is InChI=1S/C16H15BrF6N4S/c1-9-12(17)13(16(21,22)23)26-27(9)7-3-6-24-14(28)25-11-5-2-4-10(8-11)15(18,19)20/h2,4-5,8H,3,6-7H2,1H3,(H2,24,25,28). The van der Waals surface area contributed by atoms with E-state index >= 15 is 0 Å². The monoisotopic (exact) mass is 488 g/mol. The fraction of sp³-hybridized carbons (Fsp3) is 0.375. The van der Waals surface area contributed by atoms with Gasteiger partial charge in [0.1, 0.15) is 0 Å². The summed E-state index contributed by atoms with van der Waals surface area (Å²) in [6, 6.07) is 4.57. The predicted octanol–water partition coefficient (Wildman–Crippen LogP) is 5.37. The molecule has 1 aromatic heterocycles. The number of benzene rings is 1. The average molecular weight is 489 g/mol. The minimum atomic E-state index is -4.55. The van der Waals surface area contributed by atoms with E-state index in [4.69, 9.17) is 12.2 Å². The van der Waals surface area contributed by atoms with Gasteiger partial charge in [-0.15, -0.1) is 0 Å². The molecule has 2 rings (SSSR count). The third kappa shape index (κ3) is 5.84. The van der Waals surface area contributed by atoms with Gasteiger partial charge in [-0.2, -0.15) is 31.4 Å². The Bertz CT molecular complexity index is 847. The second kappa shape index (κ2) is 8.68. The third-order valence-corrected chi connectivity index (χ3v) is 4.88. The van der Waals surface area contributed by atoms with Gasteiger partial charge in [0, 0.05) is 18.8 Å². The minimum Gasteiger partial charge on any atom is -0.362 e. The maximum atomic E-state index is 12.8. The number of nitrogens with one attached hydrogen (secondary N) is 2. The highest BCUT2D eigenvalue weighted by atomic mass is 79.9. The SMILES string of the molecule is Cc1c(Br)c(C(F)(F)F)nn1CCCNC(=S)Nc1cccc(C(F)(F)F)c1. The summed E-state index contributed by atoms with van der Waals surface area (Å²) in [7, 11) is 0. The number of nitrogens with zero attached hydrogens (tertiary/aromatic N) is 2. The van der Waals surface area contributed by atoms with Crippen LogP contribution in [0.25, 0.3) is 0 Å². The van der Waals surface area contributed by atoms with Gasteiger partial charge in [0.2, 0.25) is 0 Å². The Labute approximate surface area is 170 Å². The van der Waals surface area contributed by atoms with Crippen molar-refractivity contribution in [3.05, 3.63) is 45.7 Å². The van der Waals surface area contributed by atoms with Gasteiger partial charge < -0.3 is 10.6 Å². The van der Waals surface area contributed by atoms with Gasteiger partial charge in [0.25, 0.3) is 0 Å². The molecule has 28 heavy (non-hydrogen) atoms. The number of thiocarbonyl (C=S) groups is 1. The maximum absolute atomic E-state index is 12.8. The van der Waals surface area contributed by atoms with Gasteiger partial charge in [-0.3, -0.25) is 4.68 Å². The molecular formula is C16H15BrF6N4S. The molecule has 0 saturated heterocycles. The number of hydrogen-bond acceptors (Lipinski definition) is 2. The van der Waals surface area contributed by atoms with E-state index in [9.17, 15) is 26.3 Å². The molecule has 0 radical (unpaired) electrons. The number of anilines is 1. The highest BCUT2D eigenvalue weighted by molar-refractivity contribution is 9.10. The van der Waals surface area contributed by atoms with Crippen molar-refractivity contribution < 1.29 is 26.3 Å². The largest absolute Gasteiger partial charge is 0.436 e. The second-order valence-corrected chi connectivity index (χ2v) is 6.98. The van der Waals surface area contributed by atoms with Gasteiger partial charge in [0.05, 0.1) is 15.7 Å². The molecule has 0 aliphatic carbocycles. The Morgan fingerprint density at radius 2 is 1.86 bits per heavy atom. The molecule has 2 N–H and O–H groups in total. The Morgan fingerprint density at radius 1 is 1.18 bits per heavy atom. The summed E-state index contributed by atoms with van der Waals surface area (Å²) < 4.78 is 77.7. The van der Waals surface area contributed by atoms with E-state index in [0.29, 0.717) is 18.7 Å². The average Bonchev–Trinajstić information content (AvgIpc) is 2.86. The van der Waals surface area contributed by atoms with Gasteiger partial charge in [-0.05, 0) is 59.7 Å². The maximum Gasteiger partial charge on any atom is 0.436 e. The van der Waals surface area contributed by atoms with Crippen LogP contribution in [-0.2, 0) is 18.9 Å². The van der Waals surface area contributed by atoms with Crippen LogP contribution in [0, 0.1) is 6.92 Å². The predicted molar refractivity (Wildman–Crippen MR) is 100.0 cm³/mol. The van der Waals surface area contributed by atoms with Crippen LogP contribution in [-0.4, -0.2) is 21.4 Å². The molecule has 0 aliphatic heterocycles. The van der Waals surface area contributed by atoms with Crippen LogP contribution in [0.5, 0.6) is 0 Å². The first-order valence-corrected chi connectivity index (χ1v) is 9.12. The van der Waals surface area contributed by atoms with Gasteiger partial charge in [0.15, 0.2) is 10.8 Å². The van der Waals surface area contributed by atoms with Crippen LogP contribution < -0.4 is 10.6 Å². The van der Waals surface area contributed by atoms with E-state index in [1.54, 1.807) is 0 Å². The Balaban J connectivity index is 1.85. The van der Waals surface area contributed by atoms with Gasteiger partial charge in [-0.25, -0.2) is 0 Å². The smallest absolute Gasteiger partial charge is 0.362 e. The van der Waals surface area contributed by atoms with E-state index in [1.807, 2.05) is 0 Å². The number of alkyl halides is 6. The Hall–Kier alpha value is -1.82. The molecule has 2 aromatic rings. The fourth-order valence-corrected chi connectivity index (χ4v) is 3.03. The Kier molecular flexibility index (Phi) is 6.97. The highest BCUT2D eigenvalue weighted by Crippen LogP contribution is 2.35. The molecule has 154 valence electrons. The molecular weight excluding hydrogens is 474 g/mol. The van der Waals surface area contributed by atoms with Crippen molar-refractivity contribution in [2.75, 3.05) is 11.9 Å². The molecule has 0 unspecified atom stereocenters. The highest BCUT2D eigenvalue weighted by Gasteiger charge is 2.37. The summed E-state index contributed by atoms with van der Waals surface area (Å²) in [6.07, 6.45) is -8.61. The molecule has 4 nitrogen and oxygen atoms in total. The first kappa shape index (κ1) is 22.5. The van der Waals surface area contributed by atoms with Crippen molar-refractivity contribution in [3.63, 3.8) is 0 Å². The lowest BCUT2D eigenvalue weighted by Crippen LogP contribution is -2.30. The molecule has 1 heterocycles. The summed E-state index contributed by atoms with van der Waals surface area (Å²) in [5, 5.41) is 9.10. The van der Waals surface area contributed by atoms with Crippen LogP contribution in [0.1, 0.15) is 23.4 Å². The van der Waals surface area contributed by atoms with Crippen molar-refractivity contribution >= 4 is 38.9 Å². The van der Waals surface area contributed by atoms with Crippen molar-refractivity contribution in [3.8, 4) is 0 Å². The van der Waals surface area contributed by atoms with Gasteiger partial charge in [-0.1, -0.05) is 6.07 Å². The quantitative estimate of drug-likeness (QED) is 0.337. The lowest BCUT2D eigenvalue weighted by atomic mass is 10.2. The zero-order valence-corrected chi connectivity index (χ0v) is 16.8. The van der Waals surface area contributed by atoms with Gasteiger partial charge >= 0.3 is 12.4 Å². The van der Waals surface area contributed by atoms with Crippen molar-refractivity contribution in [2.45, 2.75) is 32.2 Å². The molecule has 0 atom stereocenters. The van der Waals surface area contributed by atoms with Crippen LogP contribution in [0.15, 0.2) is 28.7 Å². The van der Waals surface area contributed by atoms with E-state index < -0.39 is 23.6 Å².